The highest BCUT2D eigenvalue weighted by Gasteiger charge is 2.42. The van der Waals surface area contributed by atoms with E-state index in [0.29, 0.717) is 13.2 Å². The van der Waals surface area contributed by atoms with Crippen molar-refractivity contribution < 1.29 is 19.1 Å². The van der Waals surface area contributed by atoms with Gasteiger partial charge < -0.3 is 9.47 Å². The van der Waals surface area contributed by atoms with Crippen molar-refractivity contribution in [3.8, 4) is 0 Å². The number of carbonyl (C=O) groups excluding carboxylic acids is 2. The van der Waals surface area contributed by atoms with Crippen molar-refractivity contribution in [2.75, 3.05) is 13.2 Å². The second-order valence-corrected chi connectivity index (χ2v) is 3.57. The summed E-state index contributed by atoms with van der Waals surface area (Å²) in [5, 5.41) is 0. The third kappa shape index (κ3) is 1.78. The zero-order valence-electron chi connectivity index (χ0n) is 7.38. The fourth-order valence-corrected chi connectivity index (χ4v) is 1.83. The van der Waals surface area contributed by atoms with Crippen LogP contribution in [0.15, 0.2) is 0 Å². The largest absolute Gasteiger partial charge is 0.349 e. The molecule has 2 aliphatic rings. The van der Waals surface area contributed by atoms with Crippen LogP contribution in [0.25, 0.3) is 0 Å². The maximum absolute atomic E-state index is 11.2. The Hall–Kier alpha value is -0.740. The molecule has 1 spiro atoms. The van der Waals surface area contributed by atoms with Gasteiger partial charge in [0.2, 0.25) is 0 Å². The SMILES string of the molecule is O=C1CC(=O)CC2(C1)OCCCO2. The lowest BCUT2D eigenvalue weighted by molar-refractivity contribution is -0.269. The second-order valence-electron chi connectivity index (χ2n) is 3.57. The van der Waals surface area contributed by atoms with Crippen LogP contribution < -0.4 is 0 Å². The molecule has 4 nitrogen and oxygen atoms in total. The molecular formula is C9H12O4. The number of Topliss-reactive ketones (excluding diaryl/α,β-unsaturated/α-hetero) is 2. The lowest BCUT2D eigenvalue weighted by Gasteiger charge is -2.38. The fourth-order valence-electron chi connectivity index (χ4n) is 1.83. The Bertz CT molecular complexity index is 222. The molecule has 0 atom stereocenters. The highest BCUT2D eigenvalue weighted by atomic mass is 16.7. The molecule has 0 N–H and O–H groups in total. The number of carbonyl (C=O) groups is 2. The minimum atomic E-state index is -0.898. The molecule has 0 unspecified atom stereocenters. The van der Waals surface area contributed by atoms with Gasteiger partial charge in [0.05, 0.1) is 32.5 Å². The van der Waals surface area contributed by atoms with Crippen molar-refractivity contribution in [2.24, 2.45) is 0 Å². The molecule has 1 saturated heterocycles. The molecule has 72 valence electrons. The molecule has 1 heterocycles. The van der Waals surface area contributed by atoms with Gasteiger partial charge in [-0.15, -0.1) is 0 Å². The van der Waals surface area contributed by atoms with Gasteiger partial charge in [-0.25, -0.2) is 0 Å². The molecule has 1 aliphatic heterocycles. The van der Waals surface area contributed by atoms with E-state index >= 15 is 0 Å². The number of ether oxygens (including phenoxy) is 2. The van der Waals surface area contributed by atoms with Crippen LogP contribution in [0.2, 0.25) is 0 Å². The van der Waals surface area contributed by atoms with Crippen LogP contribution in [0.3, 0.4) is 0 Å². The lowest BCUT2D eigenvalue weighted by Crippen LogP contribution is -2.47. The van der Waals surface area contributed by atoms with Gasteiger partial charge in [0.15, 0.2) is 5.79 Å². The average molecular weight is 184 g/mol. The Kier molecular flexibility index (Phi) is 2.17. The van der Waals surface area contributed by atoms with Crippen molar-refractivity contribution in [3.05, 3.63) is 0 Å². The molecule has 4 heteroatoms. The standard InChI is InChI=1S/C9H12O4/c10-7-4-8(11)6-9(5-7)12-2-1-3-13-9/h1-6H2. The highest BCUT2D eigenvalue weighted by Crippen LogP contribution is 2.31. The molecule has 0 aromatic rings. The van der Waals surface area contributed by atoms with E-state index in [1.54, 1.807) is 0 Å². The highest BCUT2D eigenvalue weighted by molar-refractivity contribution is 6.02. The van der Waals surface area contributed by atoms with Crippen LogP contribution in [0.1, 0.15) is 25.7 Å². The van der Waals surface area contributed by atoms with E-state index < -0.39 is 5.79 Å². The van der Waals surface area contributed by atoms with Gasteiger partial charge in [0.25, 0.3) is 0 Å². The van der Waals surface area contributed by atoms with Crippen LogP contribution in [-0.2, 0) is 19.1 Å². The number of ketones is 2. The van der Waals surface area contributed by atoms with Gasteiger partial charge >= 0.3 is 0 Å². The summed E-state index contributed by atoms with van der Waals surface area (Å²) in [5.74, 6) is -1.04. The van der Waals surface area contributed by atoms with Gasteiger partial charge in [0, 0.05) is 0 Å². The van der Waals surface area contributed by atoms with Gasteiger partial charge in [-0.1, -0.05) is 0 Å². The van der Waals surface area contributed by atoms with Crippen LogP contribution in [0, 0.1) is 0 Å². The molecule has 1 aliphatic carbocycles. The molecular weight excluding hydrogens is 172 g/mol. The molecule has 13 heavy (non-hydrogen) atoms. The zero-order chi connectivity index (χ0) is 9.31. The van der Waals surface area contributed by atoms with Crippen LogP contribution in [-0.4, -0.2) is 30.6 Å². The predicted molar refractivity (Wildman–Crippen MR) is 43.1 cm³/mol. The summed E-state index contributed by atoms with van der Waals surface area (Å²) >= 11 is 0. The Morgan fingerprint density at radius 2 is 1.54 bits per heavy atom. The number of hydrogen-bond acceptors (Lipinski definition) is 4. The van der Waals surface area contributed by atoms with Gasteiger partial charge in [-0.3, -0.25) is 9.59 Å². The Morgan fingerprint density at radius 3 is 2.08 bits per heavy atom. The Morgan fingerprint density at radius 1 is 1.00 bits per heavy atom. The van der Waals surface area contributed by atoms with Gasteiger partial charge in [-0.2, -0.15) is 0 Å². The third-order valence-corrected chi connectivity index (χ3v) is 2.35. The summed E-state index contributed by atoms with van der Waals surface area (Å²) in [4.78, 5) is 22.3. The summed E-state index contributed by atoms with van der Waals surface area (Å²) in [5.41, 5.74) is 0. The van der Waals surface area contributed by atoms with E-state index in [1.807, 2.05) is 0 Å². The van der Waals surface area contributed by atoms with Crippen molar-refractivity contribution in [2.45, 2.75) is 31.5 Å². The molecule has 0 aromatic heterocycles. The van der Waals surface area contributed by atoms with Gasteiger partial charge in [0.1, 0.15) is 11.6 Å². The molecule has 1 saturated carbocycles. The van der Waals surface area contributed by atoms with E-state index in [2.05, 4.69) is 0 Å². The topological polar surface area (TPSA) is 52.6 Å². The summed E-state index contributed by atoms with van der Waals surface area (Å²) < 4.78 is 10.8. The Labute approximate surface area is 76.2 Å². The first kappa shape index (κ1) is 8.84. The van der Waals surface area contributed by atoms with Crippen molar-refractivity contribution in [1.82, 2.24) is 0 Å². The summed E-state index contributed by atoms with van der Waals surface area (Å²) in [6.45, 7) is 1.17. The fraction of sp³-hybridized carbons (Fsp3) is 0.778. The van der Waals surface area contributed by atoms with E-state index in [4.69, 9.17) is 9.47 Å². The molecule has 2 fully saturated rings. The van der Waals surface area contributed by atoms with Crippen molar-refractivity contribution >= 4 is 11.6 Å². The maximum Gasteiger partial charge on any atom is 0.181 e. The quantitative estimate of drug-likeness (QED) is 0.513. The summed E-state index contributed by atoms with van der Waals surface area (Å²) in [6, 6.07) is 0. The predicted octanol–water partition coefficient (Wildman–Crippen LogP) is 0.442. The zero-order valence-corrected chi connectivity index (χ0v) is 7.38. The first-order valence-corrected chi connectivity index (χ1v) is 4.52. The molecule has 0 bridgehead atoms. The second kappa shape index (κ2) is 3.20. The molecule has 0 aromatic carbocycles. The summed E-state index contributed by atoms with van der Waals surface area (Å²) in [6.07, 6.45) is 1.36. The average Bonchev–Trinajstić information content (AvgIpc) is 2.02. The third-order valence-electron chi connectivity index (χ3n) is 2.35. The first-order chi connectivity index (χ1) is 6.20. The molecule has 2 rings (SSSR count). The minimum Gasteiger partial charge on any atom is -0.349 e. The van der Waals surface area contributed by atoms with Crippen molar-refractivity contribution in [1.29, 1.82) is 0 Å². The van der Waals surface area contributed by atoms with E-state index in [0.717, 1.165) is 6.42 Å². The van der Waals surface area contributed by atoms with E-state index in [1.165, 1.54) is 0 Å². The monoisotopic (exact) mass is 184 g/mol. The van der Waals surface area contributed by atoms with Crippen LogP contribution in [0.4, 0.5) is 0 Å². The van der Waals surface area contributed by atoms with Gasteiger partial charge in [-0.05, 0) is 6.42 Å². The molecule has 0 amide bonds. The normalized spacial score (nSPS) is 28.0. The minimum absolute atomic E-state index is 0.0501. The maximum atomic E-state index is 11.2. The first-order valence-electron chi connectivity index (χ1n) is 4.52. The van der Waals surface area contributed by atoms with Crippen LogP contribution in [0.5, 0.6) is 0 Å². The Balaban J connectivity index is 2.11. The lowest BCUT2D eigenvalue weighted by atomic mass is 9.91. The molecule has 0 radical (unpaired) electrons. The number of rotatable bonds is 0. The van der Waals surface area contributed by atoms with E-state index in [9.17, 15) is 9.59 Å². The smallest absolute Gasteiger partial charge is 0.181 e. The number of hydrogen-bond donors (Lipinski definition) is 0. The van der Waals surface area contributed by atoms with E-state index in [-0.39, 0.29) is 30.8 Å². The van der Waals surface area contributed by atoms with Crippen molar-refractivity contribution in [3.63, 3.8) is 0 Å². The van der Waals surface area contributed by atoms with Crippen LogP contribution >= 0.6 is 0 Å². The summed E-state index contributed by atoms with van der Waals surface area (Å²) in [7, 11) is 0.